The molecular formula is C23H24BrCl2N3O6. The molecule has 0 heterocycles. The second-order valence-electron chi connectivity index (χ2n) is 7.45. The van der Waals surface area contributed by atoms with Gasteiger partial charge in [0.1, 0.15) is 6.04 Å². The van der Waals surface area contributed by atoms with Gasteiger partial charge >= 0.3 is 5.97 Å². The second kappa shape index (κ2) is 13.3. The zero-order valence-corrected chi connectivity index (χ0v) is 22.5. The molecule has 0 spiro atoms. The third kappa shape index (κ3) is 8.12. The van der Waals surface area contributed by atoms with E-state index in [0.717, 1.165) is 0 Å². The topological polar surface area (TPSA) is 115 Å². The number of carbonyl (C=O) groups is 3. The fourth-order valence-corrected chi connectivity index (χ4v) is 3.88. The first-order valence-electron chi connectivity index (χ1n) is 10.2. The van der Waals surface area contributed by atoms with Crippen LogP contribution < -0.4 is 20.2 Å². The summed E-state index contributed by atoms with van der Waals surface area (Å²) in [6.07, 6.45) is 1.39. The number of rotatable bonds is 10. The summed E-state index contributed by atoms with van der Waals surface area (Å²) < 4.78 is 15.8. The van der Waals surface area contributed by atoms with Crippen LogP contribution in [0.2, 0.25) is 10.0 Å². The number of hydrazone groups is 1. The second-order valence-corrected chi connectivity index (χ2v) is 9.15. The molecule has 2 rings (SSSR count). The number of amides is 2. The molecule has 0 aliphatic heterocycles. The van der Waals surface area contributed by atoms with Gasteiger partial charge in [0.2, 0.25) is 0 Å². The molecule has 0 saturated heterocycles. The van der Waals surface area contributed by atoms with Gasteiger partial charge in [-0.05, 0) is 57.7 Å². The van der Waals surface area contributed by atoms with E-state index >= 15 is 0 Å². The molecular weight excluding hydrogens is 565 g/mol. The number of hydrogen-bond donors (Lipinski definition) is 2. The van der Waals surface area contributed by atoms with Crippen LogP contribution in [-0.2, 0) is 14.3 Å². The van der Waals surface area contributed by atoms with Gasteiger partial charge in [0.25, 0.3) is 11.8 Å². The lowest BCUT2D eigenvalue weighted by molar-refractivity contribution is -0.143. The molecule has 9 nitrogen and oxygen atoms in total. The summed E-state index contributed by atoms with van der Waals surface area (Å²) in [5.74, 6) is -1.16. The molecule has 0 radical (unpaired) electrons. The Morgan fingerprint density at radius 3 is 2.46 bits per heavy atom. The van der Waals surface area contributed by atoms with Crippen LogP contribution >= 0.6 is 39.1 Å². The van der Waals surface area contributed by atoms with Crippen LogP contribution in [0.3, 0.4) is 0 Å². The summed E-state index contributed by atoms with van der Waals surface area (Å²) in [4.78, 5) is 36.7. The maximum atomic E-state index is 12.7. The highest BCUT2D eigenvalue weighted by molar-refractivity contribution is 9.10. The van der Waals surface area contributed by atoms with E-state index < -0.39 is 23.8 Å². The van der Waals surface area contributed by atoms with E-state index in [4.69, 9.17) is 32.7 Å². The molecule has 0 bridgehead atoms. The average Bonchev–Trinajstić information content (AvgIpc) is 2.80. The smallest absolute Gasteiger partial charge is 0.343 e. The van der Waals surface area contributed by atoms with E-state index in [1.54, 1.807) is 26.0 Å². The van der Waals surface area contributed by atoms with Crippen molar-refractivity contribution in [1.82, 2.24) is 10.7 Å². The summed E-state index contributed by atoms with van der Waals surface area (Å²) in [6, 6.07) is 6.87. The van der Waals surface area contributed by atoms with Gasteiger partial charge in [-0.25, -0.2) is 10.2 Å². The Balaban J connectivity index is 2.10. The summed E-state index contributed by atoms with van der Waals surface area (Å²) in [5.41, 5.74) is 3.19. The normalized spacial score (nSPS) is 11.8. The first kappa shape index (κ1) is 28.4. The monoisotopic (exact) mass is 587 g/mol. The first-order valence-corrected chi connectivity index (χ1v) is 11.8. The Morgan fingerprint density at radius 2 is 1.86 bits per heavy atom. The van der Waals surface area contributed by atoms with Crippen LogP contribution in [0.1, 0.15) is 29.8 Å². The molecule has 1 atom stereocenters. The molecule has 0 aromatic heterocycles. The number of esters is 1. The van der Waals surface area contributed by atoms with E-state index in [9.17, 15) is 14.4 Å². The van der Waals surface area contributed by atoms with Crippen molar-refractivity contribution in [3.05, 3.63) is 56.0 Å². The van der Waals surface area contributed by atoms with E-state index in [1.807, 2.05) is 0 Å². The number of halogens is 3. The minimum Gasteiger partial charge on any atom is -0.493 e. The van der Waals surface area contributed by atoms with Gasteiger partial charge < -0.3 is 19.5 Å². The van der Waals surface area contributed by atoms with Gasteiger partial charge in [0.15, 0.2) is 18.1 Å². The number of benzene rings is 2. The first-order chi connectivity index (χ1) is 16.6. The van der Waals surface area contributed by atoms with E-state index in [-0.39, 0.29) is 23.1 Å². The van der Waals surface area contributed by atoms with Crippen LogP contribution in [-0.4, -0.2) is 50.9 Å². The zero-order valence-electron chi connectivity index (χ0n) is 19.4. The largest absolute Gasteiger partial charge is 0.493 e. The van der Waals surface area contributed by atoms with Crippen molar-refractivity contribution in [2.75, 3.05) is 20.8 Å². The Labute approximate surface area is 221 Å². The van der Waals surface area contributed by atoms with Crippen LogP contribution in [0.15, 0.2) is 39.9 Å². The van der Waals surface area contributed by atoms with Crippen LogP contribution in [0.4, 0.5) is 0 Å². The summed E-state index contributed by atoms with van der Waals surface area (Å²) in [6.45, 7) is 3.28. The quantitative estimate of drug-likeness (QED) is 0.244. The van der Waals surface area contributed by atoms with E-state index in [2.05, 4.69) is 36.5 Å². The molecule has 12 heteroatoms. The molecule has 188 valence electrons. The lowest BCUT2D eigenvalue weighted by atomic mass is 10.0. The van der Waals surface area contributed by atoms with Crippen molar-refractivity contribution in [1.29, 1.82) is 0 Å². The van der Waals surface area contributed by atoms with Gasteiger partial charge in [-0.3, -0.25) is 9.59 Å². The van der Waals surface area contributed by atoms with E-state index in [1.165, 1.54) is 38.6 Å². The predicted molar refractivity (Wildman–Crippen MR) is 136 cm³/mol. The van der Waals surface area contributed by atoms with Gasteiger partial charge in [-0.1, -0.05) is 37.0 Å². The standard InChI is InChI=1S/C23H24BrCl2N3O6/c1-12(2)20(28-22(31)15-6-5-14(25)9-17(15)26)23(32)29-27-10-13-7-16(24)21(18(8-13)33-3)35-11-19(30)34-4/h5-10,12,20H,11H2,1-4H3,(H,28,31)(H,29,32)/b27-10+. The lowest BCUT2D eigenvalue weighted by Gasteiger charge is -2.20. The summed E-state index contributed by atoms with van der Waals surface area (Å²) in [5, 5.41) is 7.22. The molecule has 0 fully saturated rings. The fourth-order valence-electron chi connectivity index (χ4n) is 2.81. The van der Waals surface area contributed by atoms with Gasteiger partial charge in [0.05, 0.1) is 35.5 Å². The number of methoxy groups -OCH3 is 2. The summed E-state index contributed by atoms with van der Waals surface area (Å²) in [7, 11) is 2.70. The van der Waals surface area contributed by atoms with Gasteiger partial charge in [0, 0.05) is 5.02 Å². The van der Waals surface area contributed by atoms with Crippen molar-refractivity contribution in [2.24, 2.45) is 11.0 Å². The van der Waals surface area contributed by atoms with Crippen LogP contribution in [0, 0.1) is 5.92 Å². The Hall–Kier alpha value is -2.82. The minimum atomic E-state index is -0.873. The number of hydrogen-bond acceptors (Lipinski definition) is 7. The van der Waals surface area contributed by atoms with Crippen molar-refractivity contribution in [2.45, 2.75) is 19.9 Å². The maximum Gasteiger partial charge on any atom is 0.343 e. The third-order valence-electron chi connectivity index (χ3n) is 4.61. The average molecular weight is 589 g/mol. The zero-order chi connectivity index (χ0) is 26.1. The van der Waals surface area contributed by atoms with E-state index in [0.29, 0.717) is 26.6 Å². The highest BCUT2D eigenvalue weighted by Crippen LogP contribution is 2.36. The third-order valence-corrected chi connectivity index (χ3v) is 5.75. The number of ether oxygens (including phenoxy) is 3. The van der Waals surface area contributed by atoms with Crippen molar-refractivity contribution >= 4 is 63.1 Å². The van der Waals surface area contributed by atoms with Crippen molar-refractivity contribution in [3.8, 4) is 11.5 Å². The minimum absolute atomic E-state index is 0.175. The molecule has 0 aliphatic rings. The summed E-state index contributed by atoms with van der Waals surface area (Å²) >= 11 is 15.3. The molecule has 1 unspecified atom stereocenters. The lowest BCUT2D eigenvalue weighted by Crippen LogP contribution is -2.48. The number of nitrogens with zero attached hydrogens (tertiary/aromatic N) is 1. The highest BCUT2D eigenvalue weighted by Gasteiger charge is 2.25. The molecule has 2 aromatic rings. The molecule has 2 N–H and O–H groups in total. The van der Waals surface area contributed by atoms with Gasteiger partial charge in [-0.15, -0.1) is 0 Å². The maximum absolute atomic E-state index is 12.7. The van der Waals surface area contributed by atoms with Crippen LogP contribution in [0.25, 0.3) is 0 Å². The van der Waals surface area contributed by atoms with Gasteiger partial charge in [-0.2, -0.15) is 5.10 Å². The highest BCUT2D eigenvalue weighted by atomic mass is 79.9. The Bertz CT molecular complexity index is 1130. The SMILES string of the molecule is COC(=O)COc1c(Br)cc(/C=N/NC(=O)C(NC(=O)c2ccc(Cl)cc2Cl)C(C)C)cc1OC. The Kier molecular flexibility index (Phi) is 10.8. The predicted octanol–water partition coefficient (Wildman–Crippen LogP) is 4.22. The molecule has 2 aromatic carbocycles. The molecule has 35 heavy (non-hydrogen) atoms. The fraction of sp³-hybridized carbons (Fsp3) is 0.304. The number of nitrogens with one attached hydrogen (secondary N) is 2. The molecule has 0 saturated carbocycles. The molecule has 0 aliphatic carbocycles. The number of carbonyl (C=O) groups excluding carboxylic acids is 3. The van der Waals surface area contributed by atoms with Crippen molar-refractivity contribution in [3.63, 3.8) is 0 Å². The Morgan fingerprint density at radius 1 is 1.14 bits per heavy atom. The van der Waals surface area contributed by atoms with Crippen LogP contribution in [0.5, 0.6) is 11.5 Å². The van der Waals surface area contributed by atoms with Crippen molar-refractivity contribution < 1.29 is 28.6 Å². The molecule has 2 amide bonds.